The third kappa shape index (κ3) is 2.96. The van der Waals surface area contributed by atoms with Gasteiger partial charge >= 0.3 is 5.97 Å². The lowest BCUT2D eigenvalue weighted by Crippen LogP contribution is -2.41. The Morgan fingerprint density at radius 1 is 1.21 bits per heavy atom. The lowest BCUT2D eigenvalue weighted by Gasteiger charge is -2.39. The third-order valence-corrected chi connectivity index (χ3v) is 5.65. The van der Waals surface area contributed by atoms with Crippen LogP contribution < -0.4 is 0 Å². The molecule has 1 saturated carbocycles. The van der Waals surface area contributed by atoms with Crippen molar-refractivity contribution in [3.63, 3.8) is 0 Å². The van der Waals surface area contributed by atoms with Crippen molar-refractivity contribution < 1.29 is 14.3 Å². The Morgan fingerprint density at radius 3 is 2.47 bits per heavy atom. The van der Waals surface area contributed by atoms with E-state index in [0.717, 1.165) is 25.7 Å². The van der Waals surface area contributed by atoms with E-state index in [4.69, 9.17) is 9.47 Å². The molecule has 3 atom stereocenters. The van der Waals surface area contributed by atoms with Crippen molar-refractivity contribution in [3.05, 3.63) is 0 Å². The van der Waals surface area contributed by atoms with Gasteiger partial charge in [-0.15, -0.1) is 0 Å². The molecular weight excluding hydrogens is 240 g/mol. The molecule has 0 radical (unpaired) electrons. The lowest BCUT2D eigenvalue weighted by atomic mass is 9.66. The standard InChI is InChI=1S/C16H28O3/c1-6-15(2,3)16(4,5)14(17)18-10-11-7-8-12-13(9-11)19-12/h11-13H,6-10H2,1-5H3. The molecule has 3 unspecified atom stereocenters. The largest absolute Gasteiger partial charge is 0.465 e. The van der Waals surface area contributed by atoms with E-state index in [9.17, 15) is 4.79 Å². The summed E-state index contributed by atoms with van der Waals surface area (Å²) >= 11 is 0. The normalized spacial score (nSPS) is 30.7. The molecule has 2 rings (SSSR count). The Bertz CT molecular complexity index is 346. The molecule has 0 aromatic rings. The highest BCUT2D eigenvalue weighted by atomic mass is 16.6. The van der Waals surface area contributed by atoms with Crippen molar-refractivity contribution >= 4 is 5.97 Å². The summed E-state index contributed by atoms with van der Waals surface area (Å²) in [4.78, 5) is 12.4. The molecule has 0 aromatic heterocycles. The average Bonchev–Trinajstić information content (AvgIpc) is 3.13. The van der Waals surface area contributed by atoms with Gasteiger partial charge in [-0.3, -0.25) is 4.79 Å². The summed E-state index contributed by atoms with van der Waals surface area (Å²) in [5.74, 6) is 0.437. The maximum atomic E-state index is 12.4. The minimum Gasteiger partial charge on any atom is -0.465 e. The van der Waals surface area contributed by atoms with Crippen molar-refractivity contribution in [1.29, 1.82) is 0 Å². The number of hydrogen-bond donors (Lipinski definition) is 0. The fourth-order valence-electron chi connectivity index (χ4n) is 2.73. The molecule has 1 heterocycles. The third-order valence-electron chi connectivity index (χ3n) is 5.65. The molecule has 1 aliphatic heterocycles. The van der Waals surface area contributed by atoms with Crippen molar-refractivity contribution in [1.82, 2.24) is 0 Å². The van der Waals surface area contributed by atoms with Crippen LogP contribution in [0.2, 0.25) is 0 Å². The minimum absolute atomic E-state index is 0.0403. The van der Waals surface area contributed by atoms with E-state index < -0.39 is 5.41 Å². The van der Waals surface area contributed by atoms with Crippen LogP contribution in [0.15, 0.2) is 0 Å². The number of esters is 1. The monoisotopic (exact) mass is 268 g/mol. The summed E-state index contributed by atoms with van der Waals surface area (Å²) < 4.78 is 11.1. The molecule has 0 aromatic carbocycles. The first-order valence-electron chi connectivity index (χ1n) is 7.60. The Kier molecular flexibility index (Phi) is 3.97. The first kappa shape index (κ1) is 14.8. The second kappa shape index (κ2) is 5.08. The second-order valence-corrected chi connectivity index (χ2v) is 7.35. The van der Waals surface area contributed by atoms with Gasteiger partial charge in [0.05, 0.1) is 24.2 Å². The van der Waals surface area contributed by atoms with Gasteiger partial charge < -0.3 is 9.47 Å². The van der Waals surface area contributed by atoms with Gasteiger partial charge in [-0.1, -0.05) is 20.8 Å². The molecule has 1 saturated heterocycles. The van der Waals surface area contributed by atoms with E-state index in [-0.39, 0.29) is 11.4 Å². The summed E-state index contributed by atoms with van der Waals surface area (Å²) in [6, 6.07) is 0. The highest BCUT2D eigenvalue weighted by Crippen LogP contribution is 2.43. The highest BCUT2D eigenvalue weighted by molar-refractivity contribution is 5.76. The van der Waals surface area contributed by atoms with Gasteiger partial charge in [0.15, 0.2) is 0 Å². The minimum atomic E-state index is -0.435. The van der Waals surface area contributed by atoms with Crippen molar-refractivity contribution in [2.24, 2.45) is 16.7 Å². The predicted molar refractivity (Wildman–Crippen MR) is 74.8 cm³/mol. The van der Waals surface area contributed by atoms with Crippen LogP contribution in [-0.4, -0.2) is 24.8 Å². The van der Waals surface area contributed by atoms with Crippen LogP contribution in [0.4, 0.5) is 0 Å². The molecule has 0 bridgehead atoms. The molecule has 0 spiro atoms. The Morgan fingerprint density at radius 2 is 1.89 bits per heavy atom. The van der Waals surface area contributed by atoms with Gasteiger partial charge in [0.2, 0.25) is 0 Å². The number of carbonyl (C=O) groups excluding carboxylic acids is 1. The fraction of sp³-hybridized carbons (Fsp3) is 0.938. The second-order valence-electron chi connectivity index (χ2n) is 7.35. The summed E-state index contributed by atoms with van der Waals surface area (Å²) in [6.07, 6.45) is 5.27. The Labute approximate surface area is 117 Å². The van der Waals surface area contributed by atoms with E-state index in [1.807, 2.05) is 13.8 Å². The molecule has 0 N–H and O–H groups in total. The van der Waals surface area contributed by atoms with E-state index in [2.05, 4.69) is 20.8 Å². The van der Waals surface area contributed by atoms with Crippen molar-refractivity contribution in [3.8, 4) is 0 Å². The van der Waals surface area contributed by atoms with Gasteiger partial charge in [0.25, 0.3) is 0 Å². The van der Waals surface area contributed by atoms with Crippen LogP contribution in [0.1, 0.15) is 60.3 Å². The number of hydrogen-bond acceptors (Lipinski definition) is 3. The molecule has 3 nitrogen and oxygen atoms in total. The van der Waals surface area contributed by atoms with Gasteiger partial charge in [-0.25, -0.2) is 0 Å². The maximum absolute atomic E-state index is 12.4. The number of rotatable bonds is 5. The Hall–Kier alpha value is -0.570. The topological polar surface area (TPSA) is 38.8 Å². The summed E-state index contributed by atoms with van der Waals surface area (Å²) in [5, 5.41) is 0. The first-order valence-corrected chi connectivity index (χ1v) is 7.60. The van der Waals surface area contributed by atoms with Crippen LogP contribution in [0, 0.1) is 16.7 Å². The van der Waals surface area contributed by atoms with E-state index >= 15 is 0 Å². The number of fused-ring (bicyclic) bond motifs is 1. The molecule has 2 aliphatic rings. The van der Waals surface area contributed by atoms with Gasteiger partial charge in [0.1, 0.15) is 0 Å². The van der Waals surface area contributed by atoms with Gasteiger partial charge in [-0.2, -0.15) is 0 Å². The quantitative estimate of drug-likeness (QED) is 0.565. The molecule has 0 amide bonds. The molecule has 110 valence electrons. The molecule has 2 fully saturated rings. The SMILES string of the molecule is CCC(C)(C)C(C)(C)C(=O)OCC1CCC2OC2C1. The summed E-state index contributed by atoms with van der Waals surface area (Å²) in [7, 11) is 0. The summed E-state index contributed by atoms with van der Waals surface area (Å²) in [5.41, 5.74) is -0.476. The van der Waals surface area contributed by atoms with Crippen molar-refractivity contribution in [2.45, 2.75) is 72.5 Å². The van der Waals surface area contributed by atoms with E-state index in [0.29, 0.717) is 24.7 Å². The van der Waals surface area contributed by atoms with Crippen LogP contribution in [0.25, 0.3) is 0 Å². The lowest BCUT2D eigenvalue weighted by molar-refractivity contribution is -0.162. The first-order chi connectivity index (χ1) is 8.78. The smallest absolute Gasteiger partial charge is 0.312 e. The van der Waals surface area contributed by atoms with Crippen LogP contribution >= 0.6 is 0 Å². The Balaban J connectivity index is 1.83. The zero-order valence-corrected chi connectivity index (χ0v) is 13.0. The number of ether oxygens (including phenoxy) is 2. The molecule has 19 heavy (non-hydrogen) atoms. The zero-order valence-electron chi connectivity index (χ0n) is 13.0. The number of epoxide rings is 1. The molecular formula is C16H28O3. The number of carbonyl (C=O) groups is 1. The van der Waals surface area contributed by atoms with Crippen LogP contribution in [0.5, 0.6) is 0 Å². The highest BCUT2D eigenvalue weighted by Gasteiger charge is 2.46. The fourth-order valence-corrected chi connectivity index (χ4v) is 2.73. The average molecular weight is 268 g/mol. The molecule has 3 heteroatoms. The predicted octanol–water partition coefficient (Wildman–Crippen LogP) is 3.56. The maximum Gasteiger partial charge on any atom is 0.312 e. The summed E-state index contributed by atoms with van der Waals surface area (Å²) in [6.45, 7) is 11.0. The van der Waals surface area contributed by atoms with E-state index in [1.165, 1.54) is 0 Å². The van der Waals surface area contributed by atoms with Crippen molar-refractivity contribution in [2.75, 3.05) is 6.61 Å². The molecule has 1 aliphatic carbocycles. The van der Waals surface area contributed by atoms with Crippen LogP contribution in [-0.2, 0) is 14.3 Å². The van der Waals surface area contributed by atoms with Gasteiger partial charge in [0, 0.05) is 0 Å². The van der Waals surface area contributed by atoms with E-state index in [1.54, 1.807) is 0 Å². The van der Waals surface area contributed by atoms with Crippen LogP contribution in [0.3, 0.4) is 0 Å². The zero-order chi connectivity index (χ0) is 14.3. The van der Waals surface area contributed by atoms with Gasteiger partial charge in [-0.05, 0) is 50.9 Å².